The summed E-state index contributed by atoms with van der Waals surface area (Å²) in [6.45, 7) is 2.91. The highest BCUT2D eigenvalue weighted by atomic mass is 16.2. The molecule has 2 amide bonds. The van der Waals surface area contributed by atoms with E-state index in [9.17, 15) is 9.59 Å². The number of likely N-dealkylation sites (tertiary alicyclic amines) is 1. The van der Waals surface area contributed by atoms with Crippen molar-refractivity contribution in [2.45, 2.75) is 38.6 Å². The van der Waals surface area contributed by atoms with Crippen LogP contribution in [0.25, 0.3) is 0 Å². The Morgan fingerprint density at radius 3 is 2.90 bits per heavy atom. The summed E-state index contributed by atoms with van der Waals surface area (Å²) in [5.74, 6) is -0.0264. The number of amides is 2. The van der Waals surface area contributed by atoms with Crippen LogP contribution in [0.3, 0.4) is 0 Å². The van der Waals surface area contributed by atoms with E-state index >= 15 is 0 Å². The molecule has 20 heavy (non-hydrogen) atoms. The second kappa shape index (κ2) is 6.54. The van der Waals surface area contributed by atoms with Crippen molar-refractivity contribution < 1.29 is 9.59 Å². The molecule has 0 aromatic carbocycles. The minimum Gasteiger partial charge on any atom is -0.356 e. The number of hydrogen-bond donors (Lipinski definition) is 1. The van der Waals surface area contributed by atoms with Gasteiger partial charge in [-0.3, -0.25) is 14.3 Å². The van der Waals surface area contributed by atoms with Gasteiger partial charge in [0, 0.05) is 39.3 Å². The second-order valence-corrected chi connectivity index (χ2v) is 5.29. The molecule has 1 unspecified atom stereocenters. The molecule has 2 heterocycles. The fraction of sp³-hybridized carbons (Fsp3) is 0.643. The molecule has 2 rings (SSSR count). The standard InChI is InChI=1S/C14H22N4O2/c1-11(19)15-8-6-12-5-3-4-9-18(12)14(20)13-7-10-17(2)16-13/h7,10,12H,3-6,8-9H2,1-2H3,(H,15,19). The van der Waals surface area contributed by atoms with Crippen molar-refractivity contribution in [3.8, 4) is 0 Å². The Morgan fingerprint density at radius 2 is 2.25 bits per heavy atom. The quantitative estimate of drug-likeness (QED) is 0.891. The lowest BCUT2D eigenvalue weighted by atomic mass is 9.99. The maximum Gasteiger partial charge on any atom is 0.274 e. The highest BCUT2D eigenvalue weighted by Crippen LogP contribution is 2.21. The van der Waals surface area contributed by atoms with Crippen LogP contribution < -0.4 is 5.32 Å². The monoisotopic (exact) mass is 278 g/mol. The maximum absolute atomic E-state index is 12.5. The van der Waals surface area contributed by atoms with Crippen LogP contribution in [0.4, 0.5) is 0 Å². The molecule has 1 aromatic heterocycles. The van der Waals surface area contributed by atoms with Crippen LogP contribution in [0.5, 0.6) is 0 Å². The Bertz CT molecular complexity index is 483. The summed E-state index contributed by atoms with van der Waals surface area (Å²) in [6.07, 6.45) is 5.76. The largest absolute Gasteiger partial charge is 0.356 e. The molecule has 0 saturated carbocycles. The molecule has 0 aliphatic carbocycles. The van der Waals surface area contributed by atoms with E-state index in [0.29, 0.717) is 12.2 Å². The molecule has 1 aliphatic heterocycles. The van der Waals surface area contributed by atoms with Gasteiger partial charge in [0.25, 0.3) is 5.91 Å². The van der Waals surface area contributed by atoms with Crippen molar-refractivity contribution in [1.82, 2.24) is 20.0 Å². The number of piperidine rings is 1. The van der Waals surface area contributed by atoms with Gasteiger partial charge in [0.05, 0.1) is 0 Å². The van der Waals surface area contributed by atoms with Crippen LogP contribution in [0.1, 0.15) is 43.1 Å². The Kier molecular flexibility index (Phi) is 4.76. The summed E-state index contributed by atoms with van der Waals surface area (Å²) in [6, 6.07) is 1.95. The van der Waals surface area contributed by atoms with E-state index in [2.05, 4.69) is 10.4 Å². The summed E-state index contributed by atoms with van der Waals surface area (Å²) in [5.41, 5.74) is 0.499. The summed E-state index contributed by atoms with van der Waals surface area (Å²) in [5, 5.41) is 6.98. The van der Waals surface area contributed by atoms with Crippen LogP contribution in [0, 0.1) is 0 Å². The zero-order valence-electron chi connectivity index (χ0n) is 12.1. The first-order valence-corrected chi connectivity index (χ1v) is 7.13. The van der Waals surface area contributed by atoms with E-state index < -0.39 is 0 Å². The van der Waals surface area contributed by atoms with Gasteiger partial charge in [-0.15, -0.1) is 0 Å². The lowest BCUT2D eigenvalue weighted by Gasteiger charge is -2.35. The van der Waals surface area contributed by atoms with Gasteiger partial charge in [-0.1, -0.05) is 0 Å². The normalized spacial score (nSPS) is 18.9. The highest BCUT2D eigenvalue weighted by Gasteiger charge is 2.28. The fourth-order valence-corrected chi connectivity index (χ4v) is 2.66. The first-order valence-electron chi connectivity index (χ1n) is 7.13. The van der Waals surface area contributed by atoms with Crippen LogP contribution in [-0.2, 0) is 11.8 Å². The van der Waals surface area contributed by atoms with Crippen molar-refractivity contribution in [3.05, 3.63) is 18.0 Å². The molecule has 1 N–H and O–H groups in total. The summed E-state index contributed by atoms with van der Waals surface area (Å²) >= 11 is 0. The molecule has 1 aliphatic rings. The van der Waals surface area contributed by atoms with Gasteiger partial charge in [-0.2, -0.15) is 5.10 Å². The highest BCUT2D eigenvalue weighted by molar-refractivity contribution is 5.92. The number of carbonyl (C=O) groups excluding carboxylic acids is 2. The van der Waals surface area contributed by atoms with Gasteiger partial charge >= 0.3 is 0 Å². The van der Waals surface area contributed by atoms with Crippen LogP contribution in [0.15, 0.2) is 12.3 Å². The average Bonchev–Trinajstić information content (AvgIpc) is 2.85. The molecule has 1 fully saturated rings. The van der Waals surface area contributed by atoms with Crippen LogP contribution >= 0.6 is 0 Å². The van der Waals surface area contributed by atoms with E-state index in [0.717, 1.165) is 32.2 Å². The average molecular weight is 278 g/mol. The first kappa shape index (κ1) is 14.6. The number of nitrogens with one attached hydrogen (secondary N) is 1. The number of aromatic nitrogens is 2. The van der Waals surface area contributed by atoms with Gasteiger partial charge in [-0.25, -0.2) is 0 Å². The fourth-order valence-electron chi connectivity index (χ4n) is 2.66. The molecule has 1 atom stereocenters. The van der Waals surface area contributed by atoms with Crippen LogP contribution in [-0.4, -0.2) is 45.6 Å². The minimum absolute atomic E-state index is 0.00174. The molecular formula is C14H22N4O2. The van der Waals surface area contributed by atoms with Gasteiger partial charge in [0.15, 0.2) is 0 Å². The van der Waals surface area contributed by atoms with E-state index in [1.54, 1.807) is 24.0 Å². The van der Waals surface area contributed by atoms with Gasteiger partial charge < -0.3 is 10.2 Å². The van der Waals surface area contributed by atoms with Crippen LogP contribution in [0.2, 0.25) is 0 Å². The number of rotatable bonds is 4. The zero-order valence-corrected chi connectivity index (χ0v) is 12.1. The van der Waals surface area contributed by atoms with Gasteiger partial charge in [0.2, 0.25) is 5.91 Å². The van der Waals surface area contributed by atoms with E-state index in [4.69, 9.17) is 0 Å². The molecule has 1 aromatic rings. The number of hydrogen-bond acceptors (Lipinski definition) is 3. The van der Waals surface area contributed by atoms with Crippen molar-refractivity contribution in [1.29, 1.82) is 0 Å². The molecule has 0 radical (unpaired) electrons. The van der Waals surface area contributed by atoms with E-state index in [1.807, 2.05) is 4.90 Å². The number of aryl methyl sites for hydroxylation is 1. The predicted molar refractivity (Wildman–Crippen MR) is 75.2 cm³/mol. The lowest BCUT2D eigenvalue weighted by Crippen LogP contribution is -2.45. The second-order valence-electron chi connectivity index (χ2n) is 5.29. The summed E-state index contributed by atoms with van der Waals surface area (Å²) in [4.78, 5) is 25.3. The molecule has 1 saturated heterocycles. The van der Waals surface area contributed by atoms with E-state index in [-0.39, 0.29) is 17.9 Å². The molecule has 0 bridgehead atoms. The minimum atomic E-state index is -0.0246. The number of carbonyl (C=O) groups is 2. The third-order valence-electron chi connectivity index (χ3n) is 3.67. The summed E-state index contributed by atoms with van der Waals surface area (Å²) < 4.78 is 1.64. The number of nitrogens with zero attached hydrogens (tertiary/aromatic N) is 3. The smallest absolute Gasteiger partial charge is 0.274 e. The maximum atomic E-state index is 12.5. The SMILES string of the molecule is CC(=O)NCCC1CCCCN1C(=O)c1ccn(C)n1. The van der Waals surface area contributed by atoms with Crippen molar-refractivity contribution in [3.63, 3.8) is 0 Å². The molecular weight excluding hydrogens is 256 g/mol. The third-order valence-corrected chi connectivity index (χ3v) is 3.67. The van der Waals surface area contributed by atoms with E-state index in [1.165, 1.54) is 6.92 Å². The lowest BCUT2D eigenvalue weighted by molar-refractivity contribution is -0.119. The Hall–Kier alpha value is -1.85. The van der Waals surface area contributed by atoms with Gasteiger partial charge in [0.1, 0.15) is 5.69 Å². The molecule has 0 spiro atoms. The molecule has 6 heteroatoms. The van der Waals surface area contributed by atoms with Crippen molar-refractivity contribution >= 4 is 11.8 Å². The third kappa shape index (κ3) is 3.59. The Balaban J connectivity index is 1.99. The Morgan fingerprint density at radius 1 is 1.45 bits per heavy atom. The topological polar surface area (TPSA) is 67.2 Å². The molecule has 6 nitrogen and oxygen atoms in total. The van der Waals surface area contributed by atoms with Crippen molar-refractivity contribution in [2.75, 3.05) is 13.1 Å². The molecule has 110 valence electrons. The predicted octanol–water partition coefficient (Wildman–Crippen LogP) is 0.941. The Labute approximate surface area is 119 Å². The zero-order chi connectivity index (χ0) is 14.5. The first-order chi connectivity index (χ1) is 9.58. The van der Waals surface area contributed by atoms with Crippen molar-refractivity contribution in [2.24, 2.45) is 7.05 Å². The summed E-state index contributed by atoms with van der Waals surface area (Å²) in [7, 11) is 1.81. The van der Waals surface area contributed by atoms with Gasteiger partial charge in [-0.05, 0) is 31.7 Å².